The summed E-state index contributed by atoms with van der Waals surface area (Å²) in [5.74, 6) is 0. The average Bonchev–Trinajstić information content (AvgIpc) is 2.10. The van der Waals surface area contributed by atoms with E-state index in [1.54, 1.807) is 0 Å². The zero-order valence-corrected chi connectivity index (χ0v) is 7.95. The topological polar surface area (TPSA) is 35.5 Å². The van der Waals surface area contributed by atoms with Crippen molar-refractivity contribution in [1.82, 2.24) is 0 Å². The maximum atomic E-state index is 11.3. The molecule has 1 rings (SSSR count). The van der Waals surface area contributed by atoms with Crippen LogP contribution in [0.2, 0.25) is 0 Å². The van der Waals surface area contributed by atoms with Crippen LogP contribution in [0.15, 0.2) is 0 Å². The predicted molar refractivity (Wildman–Crippen MR) is 42.2 cm³/mol. The predicted octanol–water partition coefficient (Wildman–Crippen LogP) is 2.28. The first-order valence-corrected chi connectivity index (χ1v) is 6.13. The number of hydrogen-bond acceptors (Lipinski definition) is 4. The molecular weight excluding hydrogens is 171 g/mol. The standard InChI is InChI=1S/C5H11O3PS/c1-4-5(2)10-9(6,7-3)8-4/h4-5H,1-3H3. The fraction of sp³-hybridized carbons (Fsp3) is 1.00. The minimum atomic E-state index is -2.75. The van der Waals surface area contributed by atoms with E-state index >= 15 is 0 Å². The van der Waals surface area contributed by atoms with E-state index in [0.29, 0.717) is 0 Å². The maximum absolute atomic E-state index is 11.3. The maximum Gasteiger partial charge on any atom is 0.389 e. The molecule has 0 N–H and O–H groups in total. The Kier molecular flexibility index (Phi) is 2.46. The van der Waals surface area contributed by atoms with Crippen LogP contribution < -0.4 is 0 Å². The Morgan fingerprint density at radius 1 is 1.60 bits per heavy atom. The van der Waals surface area contributed by atoms with Crippen LogP contribution in [-0.4, -0.2) is 18.5 Å². The van der Waals surface area contributed by atoms with Crippen molar-refractivity contribution in [2.75, 3.05) is 7.11 Å². The first kappa shape index (κ1) is 8.60. The summed E-state index contributed by atoms with van der Waals surface area (Å²) >= 11 is 1.29. The van der Waals surface area contributed by atoms with Crippen molar-refractivity contribution >= 4 is 18.2 Å². The zero-order valence-electron chi connectivity index (χ0n) is 6.23. The molecule has 0 aromatic carbocycles. The van der Waals surface area contributed by atoms with Gasteiger partial charge in [-0.15, -0.1) is 0 Å². The molecule has 3 unspecified atom stereocenters. The largest absolute Gasteiger partial charge is 0.389 e. The third-order valence-corrected chi connectivity index (χ3v) is 5.96. The van der Waals surface area contributed by atoms with Crippen LogP contribution in [0, 0.1) is 0 Å². The molecule has 0 amide bonds. The molecule has 0 bridgehead atoms. The van der Waals surface area contributed by atoms with Crippen molar-refractivity contribution in [3.63, 3.8) is 0 Å². The van der Waals surface area contributed by atoms with Gasteiger partial charge in [-0.3, -0.25) is 4.52 Å². The van der Waals surface area contributed by atoms with Gasteiger partial charge in [0.15, 0.2) is 0 Å². The van der Waals surface area contributed by atoms with Crippen LogP contribution in [0.5, 0.6) is 0 Å². The molecule has 0 aliphatic carbocycles. The molecule has 1 aliphatic heterocycles. The molecule has 5 heteroatoms. The smallest absolute Gasteiger partial charge is 0.304 e. The minimum absolute atomic E-state index is 0.0378. The summed E-state index contributed by atoms with van der Waals surface area (Å²) in [6.45, 7) is 1.13. The van der Waals surface area contributed by atoms with Crippen LogP contribution in [-0.2, 0) is 13.6 Å². The Morgan fingerprint density at radius 2 is 2.20 bits per heavy atom. The third kappa shape index (κ3) is 1.56. The molecule has 0 spiro atoms. The third-order valence-electron chi connectivity index (χ3n) is 1.48. The van der Waals surface area contributed by atoms with Crippen molar-refractivity contribution in [2.45, 2.75) is 25.2 Å². The van der Waals surface area contributed by atoms with Gasteiger partial charge in [-0.1, -0.05) is 6.92 Å². The van der Waals surface area contributed by atoms with Crippen molar-refractivity contribution in [1.29, 1.82) is 0 Å². The van der Waals surface area contributed by atoms with Crippen LogP contribution >= 0.6 is 18.2 Å². The first-order chi connectivity index (χ1) is 4.57. The molecule has 0 radical (unpaired) electrons. The summed E-state index contributed by atoms with van der Waals surface area (Å²) in [6, 6.07) is 0. The van der Waals surface area contributed by atoms with Gasteiger partial charge < -0.3 is 4.52 Å². The molecule has 1 heterocycles. The van der Waals surface area contributed by atoms with Gasteiger partial charge in [0.2, 0.25) is 0 Å². The fourth-order valence-electron chi connectivity index (χ4n) is 0.690. The summed E-state index contributed by atoms with van der Waals surface area (Å²) in [4.78, 5) is 0. The summed E-state index contributed by atoms with van der Waals surface area (Å²) in [5, 5.41) is 0.269. The monoisotopic (exact) mass is 182 g/mol. The summed E-state index contributed by atoms with van der Waals surface area (Å²) in [6.07, 6.45) is 0.0378. The average molecular weight is 182 g/mol. The molecule has 60 valence electrons. The van der Waals surface area contributed by atoms with Crippen molar-refractivity contribution in [3.05, 3.63) is 0 Å². The molecule has 10 heavy (non-hydrogen) atoms. The van der Waals surface area contributed by atoms with Gasteiger partial charge in [-0.05, 0) is 18.3 Å². The van der Waals surface area contributed by atoms with Crippen LogP contribution in [0.25, 0.3) is 0 Å². The molecule has 1 fully saturated rings. The molecule has 0 aromatic rings. The van der Waals surface area contributed by atoms with Crippen molar-refractivity contribution in [3.8, 4) is 0 Å². The Balaban J connectivity index is 2.64. The van der Waals surface area contributed by atoms with Gasteiger partial charge in [0.05, 0.1) is 6.10 Å². The lowest BCUT2D eigenvalue weighted by Crippen LogP contribution is -2.09. The molecule has 1 aliphatic rings. The van der Waals surface area contributed by atoms with Gasteiger partial charge in [-0.25, -0.2) is 4.57 Å². The van der Waals surface area contributed by atoms with E-state index in [9.17, 15) is 4.57 Å². The highest BCUT2D eigenvalue weighted by Crippen LogP contribution is 2.68. The normalized spacial score (nSPS) is 47.9. The quantitative estimate of drug-likeness (QED) is 0.583. The Bertz CT molecular complexity index is 158. The Morgan fingerprint density at radius 3 is 2.40 bits per heavy atom. The van der Waals surface area contributed by atoms with Crippen LogP contribution in [0.4, 0.5) is 0 Å². The van der Waals surface area contributed by atoms with Gasteiger partial charge >= 0.3 is 6.80 Å². The molecule has 0 aromatic heterocycles. The van der Waals surface area contributed by atoms with Gasteiger partial charge in [0.25, 0.3) is 0 Å². The SMILES string of the molecule is COP1(=O)OC(C)C(C)S1. The molecule has 3 nitrogen and oxygen atoms in total. The number of hydrogen-bond donors (Lipinski definition) is 0. The van der Waals surface area contributed by atoms with E-state index in [2.05, 4.69) is 0 Å². The van der Waals surface area contributed by atoms with E-state index in [1.807, 2.05) is 13.8 Å². The highest BCUT2D eigenvalue weighted by Gasteiger charge is 2.39. The highest BCUT2D eigenvalue weighted by molar-refractivity contribution is 8.55. The van der Waals surface area contributed by atoms with Crippen LogP contribution in [0.1, 0.15) is 13.8 Å². The molecule has 0 saturated carbocycles. The lowest BCUT2D eigenvalue weighted by molar-refractivity contribution is 0.199. The van der Waals surface area contributed by atoms with Gasteiger partial charge in [-0.2, -0.15) is 0 Å². The van der Waals surface area contributed by atoms with E-state index < -0.39 is 6.80 Å². The van der Waals surface area contributed by atoms with E-state index in [1.165, 1.54) is 18.5 Å². The second kappa shape index (κ2) is 2.86. The lowest BCUT2D eigenvalue weighted by atomic mass is 10.3. The lowest BCUT2D eigenvalue weighted by Gasteiger charge is -2.05. The zero-order chi connectivity index (χ0) is 7.78. The second-order valence-corrected chi connectivity index (χ2v) is 6.65. The summed E-state index contributed by atoms with van der Waals surface area (Å²) < 4.78 is 21.2. The Labute approximate surface area is 64.8 Å². The number of rotatable bonds is 1. The van der Waals surface area contributed by atoms with Crippen molar-refractivity contribution in [2.24, 2.45) is 0 Å². The van der Waals surface area contributed by atoms with E-state index in [0.717, 1.165) is 0 Å². The molecule has 1 saturated heterocycles. The highest BCUT2D eigenvalue weighted by atomic mass is 32.7. The minimum Gasteiger partial charge on any atom is -0.304 e. The first-order valence-electron chi connectivity index (χ1n) is 3.10. The molecular formula is C5H11O3PS. The van der Waals surface area contributed by atoms with E-state index in [4.69, 9.17) is 9.05 Å². The van der Waals surface area contributed by atoms with Gasteiger partial charge in [0, 0.05) is 12.4 Å². The van der Waals surface area contributed by atoms with Crippen LogP contribution in [0.3, 0.4) is 0 Å². The molecule has 3 atom stereocenters. The second-order valence-electron chi connectivity index (χ2n) is 2.25. The summed E-state index contributed by atoms with van der Waals surface area (Å²) in [7, 11) is 1.42. The Hall–Kier alpha value is 0.500. The van der Waals surface area contributed by atoms with E-state index in [-0.39, 0.29) is 11.4 Å². The fourth-order valence-corrected chi connectivity index (χ4v) is 4.77. The van der Waals surface area contributed by atoms with Crippen molar-refractivity contribution < 1.29 is 13.6 Å². The van der Waals surface area contributed by atoms with Gasteiger partial charge in [0.1, 0.15) is 0 Å². The summed E-state index contributed by atoms with van der Waals surface area (Å²) in [5.41, 5.74) is 0.